The Morgan fingerprint density at radius 2 is 2.00 bits per heavy atom. The Labute approximate surface area is 117 Å². The fraction of sp³-hybridized carbons (Fsp3) is 0.267. The number of nitrogens with one attached hydrogen (secondary N) is 1. The SMILES string of the molecule is CC(C)Oc1ccc(NCc2ccoc2C(=O)O)cc1. The number of furan rings is 1. The van der Waals surface area contributed by atoms with Crippen LogP contribution in [0, 0.1) is 0 Å². The van der Waals surface area contributed by atoms with Gasteiger partial charge in [-0.1, -0.05) is 0 Å². The summed E-state index contributed by atoms with van der Waals surface area (Å²) in [5.41, 5.74) is 1.50. The normalized spacial score (nSPS) is 10.6. The quantitative estimate of drug-likeness (QED) is 0.845. The molecule has 1 aromatic heterocycles. The van der Waals surface area contributed by atoms with Gasteiger partial charge in [0.2, 0.25) is 5.76 Å². The van der Waals surface area contributed by atoms with Crippen LogP contribution in [0.5, 0.6) is 5.75 Å². The molecule has 0 saturated heterocycles. The number of rotatable bonds is 6. The topological polar surface area (TPSA) is 71.7 Å². The lowest BCUT2D eigenvalue weighted by atomic mass is 10.2. The number of carboxylic acids is 1. The van der Waals surface area contributed by atoms with E-state index < -0.39 is 5.97 Å². The lowest BCUT2D eigenvalue weighted by Gasteiger charge is -2.11. The van der Waals surface area contributed by atoms with E-state index >= 15 is 0 Å². The van der Waals surface area contributed by atoms with Crippen LogP contribution in [0.1, 0.15) is 30.0 Å². The van der Waals surface area contributed by atoms with Gasteiger partial charge in [0.25, 0.3) is 0 Å². The Balaban J connectivity index is 1.97. The third kappa shape index (κ3) is 3.54. The Morgan fingerprint density at radius 3 is 2.60 bits per heavy atom. The summed E-state index contributed by atoms with van der Waals surface area (Å²) in [5, 5.41) is 12.1. The van der Waals surface area contributed by atoms with E-state index in [0.717, 1.165) is 11.4 Å². The van der Waals surface area contributed by atoms with Gasteiger partial charge in [-0.15, -0.1) is 0 Å². The second kappa shape index (κ2) is 6.14. The van der Waals surface area contributed by atoms with Crippen molar-refractivity contribution < 1.29 is 19.1 Å². The van der Waals surface area contributed by atoms with Crippen molar-refractivity contribution in [2.24, 2.45) is 0 Å². The number of benzene rings is 1. The molecule has 106 valence electrons. The van der Waals surface area contributed by atoms with E-state index in [9.17, 15) is 4.79 Å². The summed E-state index contributed by atoms with van der Waals surface area (Å²) in [4.78, 5) is 10.9. The van der Waals surface area contributed by atoms with Crippen molar-refractivity contribution in [3.8, 4) is 5.75 Å². The average molecular weight is 275 g/mol. The monoisotopic (exact) mass is 275 g/mol. The molecular formula is C15H17NO4. The number of carbonyl (C=O) groups is 1. The minimum atomic E-state index is -1.06. The zero-order chi connectivity index (χ0) is 14.5. The fourth-order valence-corrected chi connectivity index (χ4v) is 1.78. The highest BCUT2D eigenvalue weighted by molar-refractivity contribution is 5.86. The van der Waals surface area contributed by atoms with Crippen LogP contribution in [0.3, 0.4) is 0 Å². The van der Waals surface area contributed by atoms with E-state index in [1.54, 1.807) is 6.07 Å². The zero-order valence-corrected chi connectivity index (χ0v) is 11.4. The van der Waals surface area contributed by atoms with E-state index in [-0.39, 0.29) is 11.9 Å². The van der Waals surface area contributed by atoms with Gasteiger partial charge in [0.05, 0.1) is 12.4 Å². The maximum Gasteiger partial charge on any atom is 0.372 e. The van der Waals surface area contributed by atoms with Crippen molar-refractivity contribution in [2.45, 2.75) is 26.5 Å². The second-order valence-electron chi connectivity index (χ2n) is 4.62. The van der Waals surface area contributed by atoms with Gasteiger partial charge in [-0.2, -0.15) is 0 Å². The lowest BCUT2D eigenvalue weighted by Crippen LogP contribution is -2.06. The number of hydrogen-bond acceptors (Lipinski definition) is 4. The van der Waals surface area contributed by atoms with Crippen molar-refractivity contribution >= 4 is 11.7 Å². The first-order chi connectivity index (χ1) is 9.56. The van der Waals surface area contributed by atoms with E-state index in [1.165, 1.54) is 6.26 Å². The van der Waals surface area contributed by atoms with Gasteiger partial charge in [0, 0.05) is 17.8 Å². The first-order valence-corrected chi connectivity index (χ1v) is 6.36. The molecule has 0 aliphatic carbocycles. The van der Waals surface area contributed by atoms with Crippen molar-refractivity contribution in [3.05, 3.63) is 47.9 Å². The number of anilines is 1. The smallest absolute Gasteiger partial charge is 0.372 e. The van der Waals surface area contributed by atoms with Gasteiger partial charge >= 0.3 is 5.97 Å². The molecule has 0 aliphatic rings. The van der Waals surface area contributed by atoms with Crippen LogP contribution >= 0.6 is 0 Å². The summed E-state index contributed by atoms with van der Waals surface area (Å²) in [6.07, 6.45) is 1.51. The lowest BCUT2D eigenvalue weighted by molar-refractivity contribution is 0.0661. The standard InChI is InChI=1S/C15H17NO4/c1-10(2)20-13-5-3-12(4-6-13)16-9-11-7-8-19-14(11)15(17)18/h3-8,10,16H,9H2,1-2H3,(H,17,18). The highest BCUT2D eigenvalue weighted by Crippen LogP contribution is 2.18. The van der Waals surface area contributed by atoms with E-state index in [2.05, 4.69) is 5.32 Å². The summed E-state index contributed by atoms with van der Waals surface area (Å²) in [6, 6.07) is 9.16. The molecular weight excluding hydrogens is 258 g/mol. The molecule has 0 radical (unpaired) electrons. The van der Waals surface area contributed by atoms with E-state index in [0.29, 0.717) is 12.1 Å². The molecule has 0 unspecified atom stereocenters. The van der Waals surface area contributed by atoms with Crippen LogP contribution in [0.2, 0.25) is 0 Å². The summed E-state index contributed by atoms with van der Waals surface area (Å²) >= 11 is 0. The molecule has 2 aromatic rings. The average Bonchev–Trinajstić information content (AvgIpc) is 2.86. The van der Waals surface area contributed by atoms with Gasteiger partial charge in [0.1, 0.15) is 5.75 Å². The molecule has 5 nitrogen and oxygen atoms in total. The Hall–Kier alpha value is -2.43. The molecule has 0 bridgehead atoms. The minimum Gasteiger partial charge on any atom is -0.491 e. The van der Waals surface area contributed by atoms with Crippen LogP contribution < -0.4 is 10.1 Å². The van der Waals surface area contributed by atoms with Gasteiger partial charge in [0.15, 0.2) is 0 Å². The Bertz CT molecular complexity index is 572. The summed E-state index contributed by atoms with van der Waals surface area (Å²) in [5.74, 6) is -0.287. The predicted octanol–water partition coefficient (Wildman–Crippen LogP) is 3.38. The predicted molar refractivity (Wildman–Crippen MR) is 75.2 cm³/mol. The number of carboxylic acid groups (broad SMARTS) is 1. The van der Waals surface area contributed by atoms with Crippen LogP contribution in [-0.2, 0) is 6.54 Å². The third-order valence-electron chi connectivity index (χ3n) is 2.65. The molecule has 1 heterocycles. The molecule has 2 rings (SSSR count). The molecule has 0 spiro atoms. The van der Waals surface area contributed by atoms with Gasteiger partial charge < -0.3 is 19.6 Å². The maximum absolute atomic E-state index is 10.9. The van der Waals surface area contributed by atoms with Crippen LogP contribution in [0.25, 0.3) is 0 Å². The van der Waals surface area contributed by atoms with Gasteiger partial charge in [-0.25, -0.2) is 4.79 Å². The van der Waals surface area contributed by atoms with Crippen molar-refractivity contribution in [2.75, 3.05) is 5.32 Å². The van der Waals surface area contributed by atoms with Crippen LogP contribution in [0.15, 0.2) is 41.0 Å². The molecule has 0 amide bonds. The summed E-state index contributed by atoms with van der Waals surface area (Å²) in [6.45, 7) is 4.33. The second-order valence-corrected chi connectivity index (χ2v) is 4.62. The molecule has 0 saturated carbocycles. The first kappa shape index (κ1) is 14.0. The molecule has 1 aromatic carbocycles. The Morgan fingerprint density at radius 1 is 1.30 bits per heavy atom. The summed E-state index contributed by atoms with van der Waals surface area (Å²) in [7, 11) is 0. The summed E-state index contributed by atoms with van der Waals surface area (Å²) < 4.78 is 10.5. The van der Waals surface area contributed by atoms with Crippen LogP contribution in [-0.4, -0.2) is 17.2 Å². The number of aromatic carboxylic acids is 1. The molecule has 0 fully saturated rings. The first-order valence-electron chi connectivity index (χ1n) is 6.36. The van der Waals surface area contributed by atoms with Crippen molar-refractivity contribution in [1.82, 2.24) is 0 Å². The molecule has 5 heteroatoms. The molecule has 2 N–H and O–H groups in total. The molecule has 20 heavy (non-hydrogen) atoms. The zero-order valence-electron chi connectivity index (χ0n) is 11.4. The molecule has 0 aliphatic heterocycles. The maximum atomic E-state index is 10.9. The third-order valence-corrected chi connectivity index (χ3v) is 2.65. The van der Waals surface area contributed by atoms with E-state index in [4.69, 9.17) is 14.3 Å². The largest absolute Gasteiger partial charge is 0.491 e. The minimum absolute atomic E-state index is 0.0303. The number of hydrogen-bond donors (Lipinski definition) is 2. The number of ether oxygens (including phenoxy) is 1. The van der Waals surface area contributed by atoms with E-state index in [1.807, 2.05) is 38.1 Å². The highest BCUT2D eigenvalue weighted by Gasteiger charge is 2.13. The fourth-order valence-electron chi connectivity index (χ4n) is 1.78. The van der Waals surface area contributed by atoms with Crippen molar-refractivity contribution in [3.63, 3.8) is 0 Å². The van der Waals surface area contributed by atoms with Gasteiger partial charge in [-0.05, 0) is 44.2 Å². The molecule has 0 atom stereocenters. The highest BCUT2D eigenvalue weighted by atomic mass is 16.5. The van der Waals surface area contributed by atoms with Gasteiger partial charge in [-0.3, -0.25) is 0 Å². The van der Waals surface area contributed by atoms with Crippen molar-refractivity contribution in [1.29, 1.82) is 0 Å². The van der Waals surface area contributed by atoms with Crippen LogP contribution in [0.4, 0.5) is 5.69 Å². The Kier molecular flexibility index (Phi) is 4.30.